The van der Waals surface area contributed by atoms with Gasteiger partial charge in [-0.1, -0.05) is 30.3 Å². The fourth-order valence-corrected chi connectivity index (χ4v) is 2.01. The van der Waals surface area contributed by atoms with E-state index in [2.05, 4.69) is 15.5 Å². The van der Waals surface area contributed by atoms with E-state index < -0.39 is 0 Å². The van der Waals surface area contributed by atoms with Gasteiger partial charge in [0.2, 0.25) is 5.91 Å². The number of anilines is 1. The molecular weight excluding hydrogens is 266 g/mol. The molecule has 0 bridgehead atoms. The van der Waals surface area contributed by atoms with Crippen molar-refractivity contribution < 1.29 is 4.79 Å². The summed E-state index contributed by atoms with van der Waals surface area (Å²) < 4.78 is 3.32. The van der Waals surface area contributed by atoms with E-state index in [0.717, 1.165) is 5.56 Å². The molecule has 0 saturated heterocycles. The topological polar surface area (TPSA) is 64.7 Å². The maximum Gasteiger partial charge on any atom is 0.229 e. The van der Waals surface area contributed by atoms with Crippen LogP contribution in [0.2, 0.25) is 0 Å². The lowest BCUT2D eigenvalue weighted by Gasteiger charge is -2.02. The van der Waals surface area contributed by atoms with Crippen molar-refractivity contribution in [3.8, 4) is 5.82 Å². The van der Waals surface area contributed by atoms with E-state index in [9.17, 15) is 4.79 Å². The molecule has 6 heteroatoms. The van der Waals surface area contributed by atoms with Crippen molar-refractivity contribution >= 4 is 11.7 Å². The Bertz CT molecular complexity index is 744. The first kappa shape index (κ1) is 13.1. The molecule has 0 saturated carbocycles. The molecule has 0 fully saturated rings. The van der Waals surface area contributed by atoms with Gasteiger partial charge in [-0.2, -0.15) is 5.10 Å². The predicted octanol–water partition coefficient (Wildman–Crippen LogP) is 1.79. The summed E-state index contributed by atoms with van der Waals surface area (Å²) >= 11 is 0. The largest absolute Gasteiger partial charge is 0.309 e. The molecule has 0 unspecified atom stereocenters. The number of nitrogens with zero attached hydrogens (tertiary/aromatic N) is 4. The standard InChI is InChI=1S/C15H15N5O/c1-19-9-8-14(18-19)20-10-7-13(17-20)16-15(21)11-12-5-3-2-4-6-12/h2-10H,11H2,1H3,(H,16,17,21). The Morgan fingerprint density at radius 2 is 1.90 bits per heavy atom. The van der Waals surface area contributed by atoms with Crippen LogP contribution in [0.25, 0.3) is 5.82 Å². The average molecular weight is 281 g/mol. The van der Waals surface area contributed by atoms with Crippen molar-refractivity contribution in [2.75, 3.05) is 5.32 Å². The highest BCUT2D eigenvalue weighted by molar-refractivity contribution is 5.91. The minimum Gasteiger partial charge on any atom is -0.309 e. The Labute approximate surface area is 122 Å². The number of nitrogens with one attached hydrogen (secondary N) is 1. The number of carbonyl (C=O) groups is 1. The Hall–Kier alpha value is -2.89. The Balaban J connectivity index is 1.66. The number of aryl methyl sites for hydroxylation is 1. The lowest BCUT2D eigenvalue weighted by Crippen LogP contribution is -2.15. The normalized spacial score (nSPS) is 10.5. The summed E-state index contributed by atoms with van der Waals surface area (Å²) in [6.45, 7) is 0. The summed E-state index contributed by atoms with van der Waals surface area (Å²) in [5.74, 6) is 1.13. The summed E-state index contributed by atoms with van der Waals surface area (Å²) in [6.07, 6.45) is 3.93. The minimum absolute atomic E-state index is 0.0903. The van der Waals surface area contributed by atoms with Gasteiger partial charge in [-0.3, -0.25) is 9.48 Å². The molecule has 21 heavy (non-hydrogen) atoms. The summed E-state index contributed by atoms with van der Waals surface area (Å²) in [5, 5.41) is 11.3. The molecule has 106 valence electrons. The molecule has 0 spiro atoms. The van der Waals surface area contributed by atoms with Crippen molar-refractivity contribution in [2.45, 2.75) is 6.42 Å². The third kappa shape index (κ3) is 3.17. The minimum atomic E-state index is -0.0903. The second-order valence-electron chi connectivity index (χ2n) is 4.70. The number of carbonyl (C=O) groups excluding carboxylic acids is 1. The molecule has 3 aromatic rings. The Morgan fingerprint density at radius 3 is 2.62 bits per heavy atom. The van der Waals surface area contributed by atoms with Gasteiger partial charge in [0.1, 0.15) is 0 Å². The van der Waals surface area contributed by atoms with Gasteiger partial charge in [0.25, 0.3) is 0 Å². The van der Waals surface area contributed by atoms with E-state index in [4.69, 9.17) is 0 Å². The van der Waals surface area contributed by atoms with Crippen molar-refractivity contribution in [1.29, 1.82) is 0 Å². The molecule has 0 aliphatic rings. The van der Waals surface area contributed by atoms with E-state index >= 15 is 0 Å². The van der Waals surface area contributed by atoms with Gasteiger partial charge in [0.15, 0.2) is 11.6 Å². The first-order valence-electron chi connectivity index (χ1n) is 6.60. The fraction of sp³-hybridized carbons (Fsp3) is 0.133. The van der Waals surface area contributed by atoms with Gasteiger partial charge in [0, 0.05) is 31.6 Å². The van der Waals surface area contributed by atoms with Crippen molar-refractivity contribution in [1.82, 2.24) is 19.6 Å². The SMILES string of the molecule is Cn1ccc(-n2ccc(NC(=O)Cc3ccccc3)n2)n1. The van der Waals surface area contributed by atoms with Crippen LogP contribution in [0, 0.1) is 0 Å². The van der Waals surface area contributed by atoms with Crippen LogP contribution in [0.1, 0.15) is 5.56 Å². The van der Waals surface area contributed by atoms with Crippen molar-refractivity contribution in [3.63, 3.8) is 0 Å². The van der Waals surface area contributed by atoms with Crippen LogP contribution < -0.4 is 5.32 Å². The lowest BCUT2D eigenvalue weighted by atomic mass is 10.1. The first-order chi connectivity index (χ1) is 10.2. The molecule has 2 heterocycles. The highest BCUT2D eigenvalue weighted by Crippen LogP contribution is 2.09. The first-order valence-corrected chi connectivity index (χ1v) is 6.60. The maximum absolute atomic E-state index is 12.0. The smallest absolute Gasteiger partial charge is 0.229 e. The van der Waals surface area contributed by atoms with Gasteiger partial charge in [-0.25, -0.2) is 4.68 Å². The van der Waals surface area contributed by atoms with Gasteiger partial charge in [-0.05, 0) is 5.56 Å². The molecule has 0 atom stereocenters. The third-order valence-corrected chi connectivity index (χ3v) is 3.00. The van der Waals surface area contributed by atoms with E-state index in [-0.39, 0.29) is 5.91 Å². The second kappa shape index (κ2) is 5.62. The number of hydrogen-bond acceptors (Lipinski definition) is 3. The van der Waals surface area contributed by atoms with Crippen LogP contribution >= 0.6 is 0 Å². The molecule has 1 N–H and O–H groups in total. The van der Waals surface area contributed by atoms with Crippen LogP contribution in [0.15, 0.2) is 54.9 Å². The monoisotopic (exact) mass is 281 g/mol. The fourth-order valence-electron chi connectivity index (χ4n) is 2.01. The van der Waals surface area contributed by atoms with E-state index in [1.807, 2.05) is 49.6 Å². The lowest BCUT2D eigenvalue weighted by molar-refractivity contribution is -0.115. The molecule has 3 rings (SSSR count). The number of aromatic nitrogens is 4. The van der Waals surface area contributed by atoms with Crippen LogP contribution in [-0.2, 0) is 18.3 Å². The van der Waals surface area contributed by atoms with Crippen LogP contribution in [0.5, 0.6) is 0 Å². The van der Waals surface area contributed by atoms with Crippen LogP contribution in [0.3, 0.4) is 0 Å². The zero-order chi connectivity index (χ0) is 14.7. The molecule has 0 aliphatic heterocycles. The predicted molar refractivity (Wildman–Crippen MR) is 79.1 cm³/mol. The van der Waals surface area contributed by atoms with Crippen LogP contribution in [-0.4, -0.2) is 25.5 Å². The number of rotatable bonds is 4. The molecule has 2 aromatic heterocycles. The maximum atomic E-state index is 12.0. The summed E-state index contributed by atoms with van der Waals surface area (Å²) in [6, 6.07) is 13.2. The zero-order valence-electron chi connectivity index (χ0n) is 11.6. The van der Waals surface area contributed by atoms with E-state index in [1.54, 1.807) is 21.6 Å². The highest BCUT2D eigenvalue weighted by Gasteiger charge is 2.07. The number of amides is 1. The van der Waals surface area contributed by atoms with Crippen molar-refractivity contribution in [2.24, 2.45) is 7.05 Å². The van der Waals surface area contributed by atoms with Gasteiger partial charge in [0.05, 0.1) is 6.42 Å². The molecular formula is C15H15N5O. The summed E-state index contributed by atoms with van der Waals surface area (Å²) in [5.41, 5.74) is 0.971. The molecule has 0 aliphatic carbocycles. The quantitative estimate of drug-likeness (QED) is 0.793. The Kier molecular flexibility index (Phi) is 3.51. The highest BCUT2D eigenvalue weighted by atomic mass is 16.1. The number of hydrogen-bond donors (Lipinski definition) is 1. The van der Waals surface area contributed by atoms with Gasteiger partial charge in [-0.15, -0.1) is 5.10 Å². The molecule has 1 amide bonds. The number of benzene rings is 1. The van der Waals surface area contributed by atoms with E-state index in [0.29, 0.717) is 18.1 Å². The summed E-state index contributed by atoms with van der Waals surface area (Å²) in [7, 11) is 1.84. The zero-order valence-corrected chi connectivity index (χ0v) is 11.6. The molecule has 1 aromatic carbocycles. The second-order valence-corrected chi connectivity index (χ2v) is 4.70. The molecule has 0 radical (unpaired) electrons. The molecule has 6 nitrogen and oxygen atoms in total. The Morgan fingerprint density at radius 1 is 1.10 bits per heavy atom. The van der Waals surface area contributed by atoms with Gasteiger partial charge >= 0.3 is 0 Å². The van der Waals surface area contributed by atoms with Crippen molar-refractivity contribution in [3.05, 3.63) is 60.4 Å². The van der Waals surface area contributed by atoms with Crippen LogP contribution in [0.4, 0.5) is 5.82 Å². The van der Waals surface area contributed by atoms with E-state index in [1.165, 1.54) is 0 Å². The average Bonchev–Trinajstić information content (AvgIpc) is 3.09. The third-order valence-electron chi connectivity index (χ3n) is 3.00. The summed E-state index contributed by atoms with van der Waals surface area (Å²) in [4.78, 5) is 12.0. The van der Waals surface area contributed by atoms with Gasteiger partial charge < -0.3 is 5.32 Å².